The Bertz CT molecular complexity index is 991. The average molecular weight is 371 g/mol. The number of aryl methyl sites for hydroxylation is 1. The summed E-state index contributed by atoms with van der Waals surface area (Å²) in [5, 5.41) is 3.59. The summed E-state index contributed by atoms with van der Waals surface area (Å²) in [6, 6.07) is 5.50. The van der Waals surface area contributed by atoms with E-state index in [0.29, 0.717) is 11.3 Å². The largest absolute Gasteiger partial charge is 0.332 e. The van der Waals surface area contributed by atoms with Crippen LogP contribution in [-0.4, -0.2) is 31.3 Å². The molecule has 0 bridgehead atoms. The minimum atomic E-state index is -2.65. The molecular weight excluding hydrogens is 352 g/mol. The molecule has 0 radical (unpaired) electrons. The molecule has 0 unspecified atom stereocenters. The van der Waals surface area contributed by atoms with Crippen molar-refractivity contribution in [3.05, 3.63) is 36.9 Å². The summed E-state index contributed by atoms with van der Waals surface area (Å²) in [5.41, 5.74) is 2.33. The van der Waals surface area contributed by atoms with Gasteiger partial charge in [0.05, 0.1) is 29.4 Å². The lowest BCUT2D eigenvalue weighted by atomic mass is 9.86. The van der Waals surface area contributed by atoms with Crippen LogP contribution in [0, 0.1) is 5.92 Å². The van der Waals surface area contributed by atoms with Crippen molar-refractivity contribution in [1.82, 2.24) is 19.5 Å². The van der Waals surface area contributed by atoms with Crippen LogP contribution >= 0.6 is 0 Å². The van der Waals surface area contributed by atoms with Gasteiger partial charge >= 0.3 is 0 Å². The summed E-state index contributed by atoms with van der Waals surface area (Å²) in [6.07, 6.45) is 4.96. The predicted octanol–water partition coefficient (Wildman–Crippen LogP) is 3.79. The Morgan fingerprint density at radius 3 is 2.74 bits per heavy atom. The van der Waals surface area contributed by atoms with Gasteiger partial charge in [-0.15, -0.1) is 0 Å². The van der Waals surface area contributed by atoms with Crippen molar-refractivity contribution in [2.75, 3.05) is 5.32 Å². The number of fused-ring (bicyclic) bond motifs is 1. The lowest BCUT2D eigenvalue weighted by Crippen LogP contribution is -2.32. The molecule has 0 atom stereocenters. The molecule has 1 saturated carbocycles. The van der Waals surface area contributed by atoms with Crippen molar-refractivity contribution in [3.8, 4) is 11.4 Å². The van der Waals surface area contributed by atoms with Crippen molar-refractivity contribution in [1.29, 1.82) is 0 Å². The fourth-order valence-corrected chi connectivity index (χ4v) is 3.36. The number of alkyl halides is 2. The number of carbonyl (C=O) groups is 1. The summed E-state index contributed by atoms with van der Waals surface area (Å²) >= 11 is 0. The van der Waals surface area contributed by atoms with Gasteiger partial charge < -0.3 is 9.88 Å². The number of imidazole rings is 1. The quantitative estimate of drug-likeness (QED) is 0.760. The first kappa shape index (κ1) is 17.5. The van der Waals surface area contributed by atoms with Gasteiger partial charge in [-0.2, -0.15) is 0 Å². The first-order valence-electron chi connectivity index (χ1n) is 8.83. The summed E-state index contributed by atoms with van der Waals surface area (Å²) in [7, 11) is 1.89. The van der Waals surface area contributed by atoms with E-state index in [1.165, 1.54) is 0 Å². The van der Waals surface area contributed by atoms with E-state index in [9.17, 15) is 13.6 Å². The first-order chi connectivity index (χ1) is 12.9. The third-order valence-electron chi connectivity index (χ3n) is 4.99. The van der Waals surface area contributed by atoms with Gasteiger partial charge in [-0.25, -0.2) is 23.7 Å². The molecule has 6 nitrogen and oxygen atoms in total. The number of nitrogens with one attached hydrogen (secondary N) is 1. The van der Waals surface area contributed by atoms with Crippen LogP contribution in [0.1, 0.15) is 25.7 Å². The Labute approximate surface area is 154 Å². The smallest absolute Gasteiger partial charge is 0.248 e. The molecule has 0 aromatic carbocycles. The highest BCUT2D eigenvalue weighted by molar-refractivity contribution is 5.93. The maximum Gasteiger partial charge on any atom is 0.248 e. The van der Waals surface area contributed by atoms with Gasteiger partial charge in [0.25, 0.3) is 0 Å². The molecule has 0 saturated heterocycles. The number of anilines is 1. The number of halogens is 2. The molecule has 140 valence electrons. The van der Waals surface area contributed by atoms with E-state index < -0.39 is 11.8 Å². The molecule has 1 amide bonds. The molecule has 3 aromatic rings. The minimum absolute atomic E-state index is 0.190. The Morgan fingerprint density at radius 1 is 1.26 bits per heavy atom. The second-order valence-electron chi connectivity index (χ2n) is 6.97. The van der Waals surface area contributed by atoms with Crippen molar-refractivity contribution in [2.45, 2.75) is 31.6 Å². The Morgan fingerprint density at radius 2 is 2.04 bits per heavy atom. The Balaban J connectivity index is 1.54. The molecule has 1 fully saturated rings. The molecule has 0 aliphatic heterocycles. The van der Waals surface area contributed by atoms with E-state index in [4.69, 9.17) is 0 Å². The second kappa shape index (κ2) is 6.68. The van der Waals surface area contributed by atoms with Gasteiger partial charge in [0.15, 0.2) is 0 Å². The number of aromatic nitrogens is 4. The predicted molar refractivity (Wildman–Crippen MR) is 97.3 cm³/mol. The van der Waals surface area contributed by atoms with Crippen LogP contribution in [0.3, 0.4) is 0 Å². The van der Waals surface area contributed by atoms with Crippen LogP contribution in [0.5, 0.6) is 0 Å². The molecular formula is C19H19F2N5O. The number of nitrogens with zero attached hydrogens (tertiary/aromatic N) is 4. The lowest BCUT2D eigenvalue weighted by Gasteiger charge is -2.27. The van der Waals surface area contributed by atoms with E-state index in [0.717, 1.165) is 16.8 Å². The summed E-state index contributed by atoms with van der Waals surface area (Å²) in [4.78, 5) is 25.4. The monoisotopic (exact) mass is 371 g/mol. The maximum absolute atomic E-state index is 13.3. The fraction of sp³-hybridized carbons (Fsp3) is 0.368. The zero-order chi connectivity index (χ0) is 19.0. The average Bonchev–Trinajstić information content (AvgIpc) is 3.07. The first-order valence-corrected chi connectivity index (χ1v) is 8.83. The van der Waals surface area contributed by atoms with Crippen LogP contribution in [-0.2, 0) is 11.8 Å². The number of amides is 1. The molecule has 27 heavy (non-hydrogen) atoms. The van der Waals surface area contributed by atoms with Crippen molar-refractivity contribution < 1.29 is 13.6 Å². The second-order valence-corrected chi connectivity index (χ2v) is 6.97. The molecule has 1 N–H and O–H groups in total. The molecule has 1 aliphatic rings. The Kier molecular flexibility index (Phi) is 4.33. The van der Waals surface area contributed by atoms with Crippen molar-refractivity contribution in [3.63, 3.8) is 0 Å². The molecule has 1 aliphatic carbocycles. The van der Waals surface area contributed by atoms with Crippen LogP contribution in [0.4, 0.5) is 14.6 Å². The third-order valence-corrected chi connectivity index (χ3v) is 4.99. The number of hydrogen-bond donors (Lipinski definition) is 1. The zero-order valence-electron chi connectivity index (χ0n) is 14.8. The van der Waals surface area contributed by atoms with E-state index in [1.54, 1.807) is 24.8 Å². The van der Waals surface area contributed by atoms with Crippen LogP contribution < -0.4 is 5.32 Å². The summed E-state index contributed by atoms with van der Waals surface area (Å²) in [6.45, 7) is 0. The SMILES string of the molecule is Cn1cncc1-c1ccc2cnc(NC(=O)C3CCC(F)(F)CC3)cc2n1. The van der Waals surface area contributed by atoms with Gasteiger partial charge in [0, 0.05) is 43.5 Å². The zero-order valence-corrected chi connectivity index (χ0v) is 14.8. The molecule has 8 heteroatoms. The van der Waals surface area contributed by atoms with E-state index >= 15 is 0 Å². The molecule has 4 rings (SSSR count). The number of rotatable bonds is 3. The van der Waals surface area contributed by atoms with Crippen LogP contribution in [0.15, 0.2) is 36.9 Å². The van der Waals surface area contributed by atoms with Crippen LogP contribution in [0.2, 0.25) is 0 Å². The van der Waals surface area contributed by atoms with E-state index in [2.05, 4.69) is 20.3 Å². The van der Waals surface area contributed by atoms with Gasteiger partial charge in [-0.05, 0) is 25.0 Å². The topological polar surface area (TPSA) is 72.7 Å². The molecule has 0 spiro atoms. The third kappa shape index (κ3) is 3.65. The molecule has 3 aromatic heterocycles. The number of hydrogen-bond acceptors (Lipinski definition) is 4. The number of carbonyl (C=O) groups excluding carboxylic acids is 1. The Hall–Kier alpha value is -2.90. The standard InChI is InChI=1S/C19H19F2N5O/c1-26-11-22-10-16(26)14-3-2-13-9-23-17(8-15(13)24-14)25-18(27)12-4-6-19(20,21)7-5-12/h2-3,8-12H,4-7H2,1H3,(H,23,25,27). The van der Waals surface area contributed by atoms with Gasteiger partial charge in [0.2, 0.25) is 11.8 Å². The van der Waals surface area contributed by atoms with Gasteiger partial charge in [-0.3, -0.25) is 4.79 Å². The maximum atomic E-state index is 13.3. The fourth-order valence-electron chi connectivity index (χ4n) is 3.36. The highest BCUT2D eigenvalue weighted by Crippen LogP contribution is 2.36. The van der Waals surface area contributed by atoms with Crippen molar-refractivity contribution in [2.24, 2.45) is 13.0 Å². The lowest BCUT2D eigenvalue weighted by molar-refractivity contribution is -0.124. The summed E-state index contributed by atoms with van der Waals surface area (Å²) in [5.74, 6) is -2.94. The van der Waals surface area contributed by atoms with E-state index in [-0.39, 0.29) is 31.6 Å². The highest BCUT2D eigenvalue weighted by atomic mass is 19.3. The van der Waals surface area contributed by atoms with Gasteiger partial charge in [0.1, 0.15) is 5.82 Å². The highest BCUT2D eigenvalue weighted by Gasteiger charge is 2.37. The van der Waals surface area contributed by atoms with Crippen molar-refractivity contribution >= 4 is 22.6 Å². The summed E-state index contributed by atoms with van der Waals surface area (Å²) < 4.78 is 28.4. The molecule has 3 heterocycles. The normalized spacial score (nSPS) is 17.1. The van der Waals surface area contributed by atoms with Gasteiger partial charge in [-0.1, -0.05) is 0 Å². The minimum Gasteiger partial charge on any atom is -0.332 e. The van der Waals surface area contributed by atoms with Crippen LogP contribution in [0.25, 0.3) is 22.3 Å². The number of pyridine rings is 2. The van der Waals surface area contributed by atoms with E-state index in [1.807, 2.05) is 23.7 Å².